The Morgan fingerprint density at radius 3 is 2.23 bits per heavy atom. The van der Waals surface area contributed by atoms with Crippen LogP contribution in [0.25, 0.3) is 28.0 Å². The Morgan fingerprint density at radius 1 is 0.935 bits per heavy atom. The molecule has 7 nitrogen and oxygen atoms in total. The Hall–Kier alpha value is -3.71. The molecule has 0 atom stereocenters. The molecule has 1 saturated heterocycles. The van der Waals surface area contributed by atoms with Gasteiger partial charge in [0, 0.05) is 37.9 Å². The van der Waals surface area contributed by atoms with Gasteiger partial charge in [0.25, 0.3) is 5.91 Å². The predicted octanol–water partition coefficient (Wildman–Crippen LogP) is 2.94. The molecule has 5 rings (SSSR count). The maximum atomic E-state index is 12.4. The van der Waals surface area contributed by atoms with E-state index >= 15 is 0 Å². The van der Waals surface area contributed by atoms with Crippen LogP contribution in [-0.2, 0) is 0 Å². The lowest BCUT2D eigenvalue weighted by Gasteiger charge is -2.35. The molecule has 2 aromatic heterocycles. The lowest BCUT2D eigenvalue weighted by molar-refractivity contribution is 0.100. The van der Waals surface area contributed by atoms with Gasteiger partial charge in [0.15, 0.2) is 5.65 Å². The molecule has 1 fully saturated rings. The normalized spacial score (nSPS) is 14.8. The number of pyridine rings is 1. The van der Waals surface area contributed by atoms with Gasteiger partial charge in [-0.25, -0.2) is 9.67 Å². The maximum Gasteiger partial charge on any atom is 0.252 e. The minimum absolute atomic E-state index is 0.432. The van der Waals surface area contributed by atoms with E-state index in [1.165, 1.54) is 0 Å². The summed E-state index contributed by atoms with van der Waals surface area (Å²) >= 11 is 0. The molecule has 7 heteroatoms. The third-order valence-corrected chi connectivity index (χ3v) is 5.80. The van der Waals surface area contributed by atoms with E-state index in [0.717, 1.165) is 54.2 Å². The van der Waals surface area contributed by atoms with Crippen LogP contribution in [0.15, 0.2) is 66.9 Å². The fraction of sp³-hybridized carbons (Fsp3) is 0.208. The molecule has 0 radical (unpaired) electrons. The highest BCUT2D eigenvalue weighted by atomic mass is 16.1. The number of hydrogen-bond donors (Lipinski definition) is 1. The van der Waals surface area contributed by atoms with E-state index in [1.807, 2.05) is 65.3 Å². The smallest absolute Gasteiger partial charge is 0.252 e. The van der Waals surface area contributed by atoms with Gasteiger partial charge in [-0.05, 0) is 19.2 Å². The van der Waals surface area contributed by atoms with E-state index in [4.69, 9.17) is 10.8 Å². The van der Waals surface area contributed by atoms with Gasteiger partial charge in [-0.3, -0.25) is 4.79 Å². The zero-order valence-corrected chi connectivity index (χ0v) is 17.4. The molecule has 0 spiro atoms. The van der Waals surface area contributed by atoms with Crippen molar-refractivity contribution in [2.24, 2.45) is 5.73 Å². The number of fused-ring (bicyclic) bond motifs is 1. The molecular formula is C24H24N6O. The van der Waals surface area contributed by atoms with Crippen LogP contribution in [-0.4, -0.2) is 58.8 Å². The lowest BCUT2D eigenvalue weighted by Crippen LogP contribution is -2.45. The van der Waals surface area contributed by atoms with Gasteiger partial charge < -0.3 is 15.5 Å². The molecule has 1 aliphatic rings. The molecule has 1 amide bonds. The van der Waals surface area contributed by atoms with Crippen molar-refractivity contribution in [3.8, 4) is 16.9 Å². The number of para-hydroxylation sites is 1. The molecule has 0 saturated carbocycles. The number of benzene rings is 2. The molecule has 1 aliphatic heterocycles. The molecule has 2 aromatic carbocycles. The number of likely N-dealkylation sites (N-methyl/N-ethyl adjacent to an activating group) is 1. The largest absolute Gasteiger partial charge is 0.368 e. The minimum Gasteiger partial charge on any atom is -0.368 e. The van der Waals surface area contributed by atoms with Crippen molar-refractivity contribution in [2.75, 3.05) is 38.1 Å². The Morgan fingerprint density at radius 2 is 1.58 bits per heavy atom. The van der Waals surface area contributed by atoms with Gasteiger partial charge in [-0.15, -0.1) is 0 Å². The molecule has 156 valence electrons. The third-order valence-electron chi connectivity index (χ3n) is 5.80. The first-order chi connectivity index (χ1) is 15.1. The van der Waals surface area contributed by atoms with Crippen molar-refractivity contribution >= 4 is 22.6 Å². The lowest BCUT2D eigenvalue weighted by atomic mass is 10.0. The van der Waals surface area contributed by atoms with E-state index in [0.29, 0.717) is 11.2 Å². The summed E-state index contributed by atoms with van der Waals surface area (Å²) in [6, 6.07) is 19.9. The summed E-state index contributed by atoms with van der Waals surface area (Å²) in [7, 11) is 2.11. The monoisotopic (exact) mass is 412 g/mol. The first kappa shape index (κ1) is 19.3. The molecular weight excluding hydrogens is 388 g/mol. The van der Waals surface area contributed by atoms with E-state index in [2.05, 4.69) is 21.8 Å². The average Bonchev–Trinajstić information content (AvgIpc) is 3.20. The summed E-state index contributed by atoms with van der Waals surface area (Å²) in [5.74, 6) is -0.477. The third kappa shape index (κ3) is 3.43. The second-order valence-electron chi connectivity index (χ2n) is 7.84. The topological polar surface area (TPSA) is 80.3 Å². The van der Waals surface area contributed by atoms with Crippen LogP contribution in [0.1, 0.15) is 10.4 Å². The quantitative estimate of drug-likeness (QED) is 0.557. The summed E-state index contributed by atoms with van der Waals surface area (Å²) in [5, 5.41) is 5.82. The molecule has 0 aliphatic carbocycles. The number of amides is 1. The molecule has 0 unspecified atom stereocenters. The van der Waals surface area contributed by atoms with Gasteiger partial charge in [0.05, 0.1) is 22.3 Å². The number of carbonyl (C=O) groups is 1. The van der Waals surface area contributed by atoms with Crippen molar-refractivity contribution in [1.82, 2.24) is 19.7 Å². The number of rotatable bonds is 4. The summed E-state index contributed by atoms with van der Waals surface area (Å²) in [4.78, 5) is 21.6. The number of piperazine rings is 1. The second kappa shape index (κ2) is 7.85. The summed E-state index contributed by atoms with van der Waals surface area (Å²) < 4.78 is 1.85. The summed E-state index contributed by atoms with van der Waals surface area (Å²) in [6.45, 7) is 3.44. The number of anilines is 1. The summed E-state index contributed by atoms with van der Waals surface area (Å²) in [5.41, 5.74) is 10.5. The zero-order chi connectivity index (χ0) is 21.4. The molecule has 31 heavy (non-hydrogen) atoms. The van der Waals surface area contributed by atoms with Crippen molar-refractivity contribution in [1.29, 1.82) is 0 Å². The Balaban J connectivity index is 1.83. The minimum atomic E-state index is -0.477. The highest BCUT2D eigenvalue weighted by molar-refractivity contribution is 6.10. The van der Waals surface area contributed by atoms with Crippen LogP contribution in [0.5, 0.6) is 0 Å². The first-order valence-electron chi connectivity index (χ1n) is 10.4. The highest BCUT2D eigenvalue weighted by Crippen LogP contribution is 2.38. The van der Waals surface area contributed by atoms with Crippen LogP contribution in [0, 0.1) is 0 Å². The number of aromatic nitrogens is 3. The number of nitrogens with two attached hydrogens (primary N) is 1. The van der Waals surface area contributed by atoms with E-state index in [-0.39, 0.29) is 0 Å². The Labute approximate surface area is 180 Å². The molecule has 3 heterocycles. The number of hydrogen-bond acceptors (Lipinski definition) is 5. The number of nitrogens with zero attached hydrogens (tertiary/aromatic N) is 5. The van der Waals surface area contributed by atoms with Crippen molar-refractivity contribution in [2.45, 2.75) is 0 Å². The Bertz CT molecular complexity index is 1230. The fourth-order valence-corrected chi connectivity index (χ4v) is 4.15. The Kier molecular flexibility index (Phi) is 4.88. The van der Waals surface area contributed by atoms with Gasteiger partial charge in [0.2, 0.25) is 0 Å². The van der Waals surface area contributed by atoms with E-state index in [1.54, 1.807) is 6.20 Å². The number of carbonyl (C=O) groups excluding carboxylic acids is 1. The van der Waals surface area contributed by atoms with Crippen LogP contribution in [0.2, 0.25) is 0 Å². The van der Waals surface area contributed by atoms with Crippen molar-refractivity contribution in [3.05, 3.63) is 72.4 Å². The van der Waals surface area contributed by atoms with E-state index < -0.39 is 5.91 Å². The van der Waals surface area contributed by atoms with Crippen molar-refractivity contribution < 1.29 is 4.79 Å². The average molecular weight is 412 g/mol. The highest BCUT2D eigenvalue weighted by Gasteiger charge is 2.27. The van der Waals surface area contributed by atoms with Crippen LogP contribution in [0.3, 0.4) is 0 Å². The molecule has 0 bridgehead atoms. The zero-order valence-electron chi connectivity index (χ0n) is 17.4. The van der Waals surface area contributed by atoms with Gasteiger partial charge >= 0.3 is 0 Å². The van der Waals surface area contributed by atoms with Crippen LogP contribution in [0.4, 0.5) is 5.69 Å². The fourth-order valence-electron chi connectivity index (χ4n) is 4.15. The predicted molar refractivity (Wildman–Crippen MR) is 123 cm³/mol. The first-order valence-corrected chi connectivity index (χ1v) is 10.4. The maximum absolute atomic E-state index is 12.4. The molecule has 4 aromatic rings. The van der Waals surface area contributed by atoms with Crippen molar-refractivity contribution in [3.63, 3.8) is 0 Å². The van der Waals surface area contributed by atoms with Crippen LogP contribution < -0.4 is 10.6 Å². The standard InChI is InChI=1S/C24H24N6O/c1-28-12-14-29(15-13-28)22-19(23(25)31)16-26-24-20(22)21(17-8-4-2-5-9-17)27-30(24)18-10-6-3-7-11-18/h2-11,16H,12-15H2,1H3,(H2,25,31). The molecule has 2 N–H and O–H groups in total. The second-order valence-corrected chi connectivity index (χ2v) is 7.84. The van der Waals surface area contributed by atoms with Gasteiger partial charge in [-0.2, -0.15) is 5.10 Å². The van der Waals surface area contributed by atoms with Gasteiger partial charge in [0.1, 0.15) is 5.69 Å². The summed E-state index contributed by atoms with van der Waals surface area (Å²) in [6.07, 6.45) is 1.59. The van der Waals surface area contributed by atoms with Gasteiger partial charge in [-0.1, -0.05) is 48.5 Å². The number of primary amides is 1. The SMILES string of the molecule is CN1CCN(c2c(C(N)=O)cnc3c2c(-c2ccccc2)nn3-c2ccccc2)CC1. The van der Waals surface area contributed by atoms with Crippen LogP contribution >= 0.6 is 0 Å². The van der Waals surface area contributed by atoms with E-state index in [9.17, 15) is 4.79 Å².